The Morgan fingerprint density at radius 3 is 2.79 bits per heavy atom. The molecule has 2 heterocycles. The van der Waals surface area contributed by atoms with Crippen molar-refractivity contribution in [1.82, 2.24) is 19.7 Å². The number of aromatic nitrogens is 3. The van der Waals surface area contributed by atoms with Crippen LogP contribution in [-0.4, -0.2) is 53.0 Å². The van der Waals surface area contributed by atoms with Crippen LogP contribution in [0.2, 0.25) is 0 Å². The van der Waals surface area contributed by atoms with Gasteiger partial charge >= 0.3 is 5.69 Å². The van der Waals surface area contributed by atoms with Gasteiger partial charge in [0.2, 0.25) is 0 Å². The minimum Gasteiger partial charge on any atom is -0.490 e. The first kappa shape index (κ1) is 20.9. The summed E-state index contributed by atoms with van der Waals surface area (Å²) >= 11 is 0. The number of likely N-dealkylation sites (tertiary alicyclic amines) is 1. The van der Waals surface area contributed by atoms with Crippen molar-refractivity contribution >= 4 is 11.6 Å². The van der Waals surface area contributed by atoms with Gasteiger partial charge < -0.3 is 15.4 Å². The fourth-order valence-electron chi connectivity index (χ4n) is 3.31. The molecule has 1 aliphatic rings. The SMILES string of the molecule is CNc1nn(C)c(=O)nc1NCC=CCOc1cccc(CN2CCCCC2)c1. The molecule has 2 N–H and O–H groups in total. The molecule has 1 aliphatic heterocycles. The Balaban J connectivity index is 1.44. The van der Waals surface area contributed by atoms with Crippen LogP contribution in [0, 0.1) is 0 Å². The molecule has 3 rings (SSSR count). The Labute approximate surface area is 171 Å². The van der Waals surface area contributed by atoms with E-state index in [4.69, 9.17) is 4.74 Å². The summed E-state index contributed by atoms with van der Waals surface area (Å²) < 4.78 is 7.04. The molecule has 1 aromatic carbocycles. The van der Waals surface area contributed by atoms with Crippen molar-refractivity contribution < 1.29 is 4.74 Å². The van der Waals surface area contributed by atoms with Gasteiger partial charge in [0.1, 0.15) is 12.4 Å². The van der Waals surface area contributed by atoms with Gasteiger partial charge in [0.15, 0.2) is 11.6 Å². The van der Waals surface area contributed by atoms with Gasteiger partial charge in [-0.05, 0) is 49.7 Å². The van der Waals surface area contributed by atoms with Crippen LogP contribution in [0.15, 0.2) is 41.2 Å². The standard InChI is InChI=1S/C21H30N6O2/c1-22-19-20(24-21(28)26(2)25-19)23-11-4-7-14-29-18-10-8-9-17(15-18)16-27-12-5-3-6-13-27/h4,7-10,15H,3,5-6,11-14,16H2,1-2H3,(H,22,25)(H,23,24,28). The number of hydrogen-bond acceptors (Lipinski definition) is 7. The molecule has 1 aromatic heterocycles. The van der Waals surface area contributed by atoms with E-state index in [0.29, 0.717) is 24.8 Å². The van der Waals surface area contributed by atoms with Gasteiger partial charge in [-0.2, -0.15) is 4.98 Å². The lowest BCUT2D eigenvalue weighted by molar-refractivity contribution is 0.220. The maximum absolute atomic E-state index is 11.6. The monoisotopic (exact) mass is 398 g/mol. The number of ether oxygens (including phenoxy) is 1. The molecule has 0 saturated carbocycles. The van der Waals surface area contributed by atoms with Gasteiger partial charge in [-0.15, -0.1) is 5.10 Å². The number of hydrogen-bond donors (Lipinski definition) is 2. The van der Waals surface area contributed by atoms with E-state index < -0.39 is 5.69 Å². The zero-order valence-corrected chi connectivity index (χ0v) is 17.2. The van der Waals surface area contributed by atoms with Crippen molar-refractivity contribution in [1.29, 1.82) is 0 Å². The number of benzene rings is 1. The summed E-state index contributed by atoms with van der Waals surface area (Å²) in [4.78, 5) is 18.1. The van der Waals surface area contributed by atoms with Crippen LogP contribution in [0.1, 0.15) is 24.8 Å². The van der Waals surface area contributed by atoms with Crippen LogP contribution in [0.5, 0.6) is 5.75 Å². The molecular weight excluding hydrogens is 368 g/mol. The second-order valence-corrected chi connectivity index (χ2v) is 7.11. The normalized spacial score (nSPS) is 14.8. The molecule has 156 valence electrons. The first-order chi connectivity index (χ1) is 14.2. The average molecular weight is 399 g/mol. The summed E-state index contributed by atoms with van der Waals surface area (Å²) in [5.74, 6) is 1.85. The van der Waals surface area contributed by atoms with Crippen molar-refractivity contribution in [3.63, 3.8) is 0 Å². The summed E-state index contributed by atoms with van der Waals surface area (Å²) in [7, 11) is 3.31. The molecule has 2 aromatic rings. The third-order valence-electron chi connectivity index (χ3n) is 4.85. The topological polar surface area (TPSA) is 84.3 Å². The van der Waals surface area contributed by atoms with E-state index in [-0.39, 0.29) is 0 Å². The minimum absolute atomic E-state index is 0.400. The summed E-state index contributed by atoms with van der Waals surface area (Å²) in [6.45, 7) is 4.37. The maximum Gasteiger partial charge on any atom is 0.365 e. The molecule has 1 saturated heterocycles. The molecular formula is C21H30N6O2. The lowest BCUT2D eigenvalue weighted by Gasteiger charge is -2.26. The van der Waals surface area contributed by atoms with Crippen LogP contribution in [-0.2, 0) is 13.6 Å². The van der Waals surface area contributed by atoms with Crippen LogP contribution in [0.25, 0.3) is 0 Å². The van der Waals surface area contributed by atoms with Crippen molar-refractivity contribution in [2.45, 2.75) is 25.8 Å². The number of anilines is 2. The highest BCUT2D eigenvalue weighted by Gasteiger charge is 2.10. The maximum atomic E-state index is 11.6. The Kier molecular flexibility index (Phi) is 7.63. The first-order valence-corrected chi connectivity index (χ1v) is 10.1. The predicted octanol–water partition coefficient (Wildman–Crippen LogP) is 2.25. The lowest BCUT2D eigenvalue weighted by Crippen LogP contribution is -2.29. The highest BCUT2D eigenvalue weighted by atomic mass is 16.5. The van der Waals surface area contributed by atoms with E-state index in [1.165, 1.54) is 42.6 Å². The Morgan fingerprint density at radius 1 is 1.17 bits per heavy atom. The second kappa shape index (κ2) is 10.6. The number of nitrogens with zero attached hydrogens (tertiary/aromatic N) is 4. The van der Waals surface area contributed by atoms with Crippen LogP contribution >= 0.6 is 0 Å². The minimum atomic E-state index is -0.400. The summed E-state index contributed by atoms with van der Waals surface area (Å²) in [5.41, 5.74) is 0.891. The molecule has 8 nitrogen and oxygen atoms in total. The summed E-state index contributed by atoms with van der Waals surface area (Å²) in [5, 5.41) is 10.1. The van der Waals surface area contributed by atoms with Gasteiger partial charge in [-0.3, -0.25) is 4.90 Å². The van der Waals surface area contributed by atoms with Gasteiger partial charge in [0, 0.05) is 27.2 Å². The Morgan fingerprint density at radius 2 is 2.00 bits per heavy atom. The molecule has 0 radical (unpaired) electrons. The van der Waals surface area contributed by atoms with Gasteiger partial charge in [-0.25, -0.2) is 9.48 Å². The van der Waals surface area contributed by atoms with Gasteiger partial charge in [0.25, 0.3) is 0 Å². The van der Waals surface area contributed by atoms with E-state index in [2.05, 4.69) is 37.7 Å². The summed E-state index contributed by atoms with van der Waals surface area (Å²) in [6.07, 6.45) is 7.83. The van der Waals surface area contributed by atoms with Crippen LogP contribution in [0.4, 0.5) is 11.6 Å². The largest absolute Gasteiger partial charge is 0.490 e. The van der Waals surface area contributed by atoms with E-state index in [1.54, 1.807) is 14.1 Å². The second-order valence-electron chi connectivity index (χ2n) is 7.11. The number of piperidine rings is 1. The quantitative estimate of drug-likeness (QED) is 0.627. The molecule has 0 amide bonds. The smallest absolute Gasteiger partial charge is 0.365 e. The molecule has 0 unspecified atom stereocenters. The zero-order valence-electron chi connectivity index (χ0n) is 17.2. The molecule has 1 fully saturated rings. The fourth-order valence-corrected chi connectivity index (χ4v) is 3.31. The molecule has 0 atom stereocenters. The molecule has 29 heavy (non-hydrogen) atoms. The van der Waals surface area contributed by atoms with Gasteiger partial charge in [0.05, 0.1) is 0 Å². The Hall–Kier alpha value is -2.87. The van der Waals surface area contributed by atoms with E-state index in [1.807, 2.05) is 24.3 Å². The van der Waals surface area contributed by atoms with E-state index >= 15 is 0 Å². The lowest BCUT2D eigenvalue weighted by atomic mass is 10.1. The van der Waals surface area contributed by atoms with Crippen molar-refractivity contribution in [2.75, 3.05) is 43.9 Å². The fraction of sp³-hybridized carbons (Fsp3) is 0.476. The molecule has 8 heteroatoms. The highest BCUT2D eigenvalue weighted by molar-refractivity contribution is 5.57. The molecule has 0 bridgehead atoms. The van der Waals surface area contributed by atoms with Gasteiger partial charge in [-0.1, -0.05) is 24.6 Å². The number of nitrogens with one attached hydrogen (secondary N) is 2. The van der Waals surface area contributed by atoms with Crippen LogP contribution in [0.3, 0.4) is 0 Å². The number of aryl methyl sites for hydroxylation is 1. The molecule has 0 spiro atoms. The first-order valence-electron chi connectivity index (χ1n) is 10.1. The predicted molar refractivity (Wildman–Crippen MR) is 116 cm³/mol. The van der Waals surface area contributed by atoms with E-state index in [0.717, 1.165) is 12.3 Å². The van der Waals surface area contributed by atoms with Crippen molar-refractivity contribution in [3.05, 3.63) is 52.5 Å². The zero-order chi connectivity index (χ0) is 20.5. The van der Waals surface area contributed by atoms with Crippen molar-refractivity contribution in [3.8, 4) is 5.75 Å². The van der Waals surface area contributed by atoms with E-state index in [9.17, 15) is 4.79 Å². The molecule has 0 aliphatic carbocycles. The highest BCUT2D eigenvalue weighted by Crippen LogP contribution is 2.17. The third-order valence-corrected chi connectivity index (χ3v) is 4.85. The van der Waals surface area contributed by atoms with Crippen LogP contribution < -0.4 is 21.1 Å². The van der Waals surface area contributed by atoms with Crippen molar-refractivity contribution in [2.24, 2.45) is 7.05 Å². The summed E-state index contributed by atoms with van der Waals surface area (Å²) in [6, 6.07) is 8.31. The number of rotatable bonds is 9. The average Bonchev–Trinajstić information content (AvgIpc) is 2.74. The third kappa shape index (κ3) is 6.32. The Bertz CT molecular complexity index is 874.